The highest BCUT2D eigenvalue weighted by atomic mass is 32.2. The number of carbonyl (C=O) groups is 3. The van der Waals surface area contributed by atoms with Gasteiger partial charge in [0.25, 0.3) is 11.8 Å². The maximum Gasteiger partial charge on any atom is 0.326 e. The van der Waals surface area contributed by atoms with Crippen molar-refractivity contribution in [2.45, 2.75) is 12.5 Å². The number of hydrogen-bond acceptors (Lipinski definition) is 5. The molecule has 2 rings (SSSR count). The number of nitrogens with one attached hydrogen (secondary N) is 2. The molecule has 158 valence electrons. The Morgan fingerprint density at radius 3 is 2.33 bits per heavy atom. The highest BCUT2D eigenvalue weighted by Crippen LogP contribution is 2.14. The standard InChI is InChI=1S/C22H24N2O5S/c1-29-17-10-8-15(9-11-17)14-19(24-20(25)16-6-4-3-5-7-16)21(26)23-18(22(27)28)12-13-30-2/h3-11,14,18H,12-13H2,1-2H3,(H,23,26)(H,24,25)(H,27,28)/b19-14+/t18-/m1/s1. The molecule has 0 aliphatic heterocycles. The first kappa shape index (κ1) is 23.0. The number of rotatable bonds is 10. The molecule has 0 aromatic heterocycles. The molecule has 0 spiro atoms. The van der Waals surface area contributed by atoms with Gasteiger partial charge in [-0.2, -0.15) is 11.8 Å². The SMILES string of the molecule is COc1ccc(/C=C(/NC(=O)c2ccccc2)C(=O)N[C@H](CCSC)C(=O)O)cc1. The first-order chi connectivity index (χ1) is 14.4. The highest BCUT2D eigenvalue weighted by Gasteiger charge is 2.22. The van der Waals surface area contributed by atoms with E-state index in [2.05, 4.69) is 10.6 Å². The minimum Gasteiger partial charge on any atom is -0.497 e. The topological polar surface area (TPSA) is 105 Å². The lowest BCUT2D eigenvalue weighted by atomic mass is 10.1. The number of carbonyl (C=O) groups excluding carboxylic acids is 2. The number of hydrogen-bond donors (Lipinski definition) is 3. The van der Waals surface area contributed by atoms with Crippen LogP contribution in [-0.2, 0) is 9.59 Å². The van der Waals surface area contributed by atoms with E-state index in [9.17, 15) is 19.5 Å². The van der Waals surface area contributed by atoms with Crippen molar-refractivity contribution in [1.82, 2.24) is 10.6 Å². The lowest BCUT2D eigenvalue weighted by molar-refractivity contribution is -0.141. The summed E-state index contributed by atoms with van der Waals surface area (Å²) in [5, 5.41) is 14.5. The molecule has 0 saturated carbocycles. The van der Waals surface area contributed by atoms with Crippen molar-refractivity contribution in [3.05, 3.63) is 71.4 Å². The van der Waals surface area contributed by atoms with E-state index in [1.54, 1.807) is 61.7 Å². The zero-order valence-electron chi connectivity index (χ0n) is 16.8. The van der Waals surface area contributed by atoms with Gasteiger partial charge in [-0.05, 0) is 54.3 Å². The van der Waals surface area contributed by atoms with Gasteiger partial charge in [-0.25, -0.2) is 4.79 Å². The molecule has 0 saturated heterocycles. The quantitative estimate of drug-likeness (QED) is 0.503. The van der Waals surface area contributed by atoms with Crippen LogP contribution in [-0.4, -0.2) is 48.1 Å². The van der Waals surface area contributed by atoms with Crippen molar-refractivity contribution in [2.75, 3.05) is 19.1 Å². The van der Waals surface area contributed by atoms with E-state index in [0.717, 1.165) is 0 Å². The third-order valence-electron chi connectivity index (χ3n) is 4.17. The number of methoxy groups -OCH3 is 1. The summed E-state index contributed by atoms with van der Waals surface area (Å²) < 4.78 is 5.12. The minimum absolute atomic E-state index is 0.0515. The highest BCUT2D eigenvalue weighted by molar-refractivity contribution is 7.98. The molecule has 0 radical (unpaired) electrons. The molecule has 7 nitrogen and oxygen atoms in total. The average Bonchev–Trinajstić information content (AvgIpc) is 2.76. The number of thioether (sulfide) groups is 1. The zero-order chi connectivity index (χ0) is 21.9. The van der Waals surface area contributed by atoms with Gasteiger partial charge >= 0.3 is 5.97 Å². The van der Waals surface area contributed by atoms with Crippen molar-refractivity contribution in [3.8, 4) is 5.75 Å². The number of carboxylic acid groups (broad SMARTS) is 1. The van der Waals surface area contributed by atoms with Gasteiger partial charge in [0.1, 0.15) is 17.5 Å². The Balaban J connectivity index is 2.28. The van der Waals surface area contributed by atoms with Gasteiger partial charge in [0.05, 0.1) is 7.11 Å². The fourth-order valence-corrected chi connectivity index (χ4v) is 3.01. The summed E-state index contributed by atoms with van der Waals surface area (Å²) in [6.45, 7) is 0. The Kier molecular flexibility index (Phi) is 8.96. The van der Waals surface area contributed by atoms with Gasteiger partial charge in [0.2, 0.25) is 0 Å². The lowest BCUT2D eigenvalue weighted by Crippen LogP contribution is -2.44. The normalized spacial score (nSPS) is 12.0. The molecule has 2 aromatic rings. The predicted molar refractivity (Wildman–Crippen MR) is 117 cm³/mol. The molecule has 0 unspecified atom stereocenters. The number of amides is 2. The van der Waals surface area contributed by atoms with Crippen molar-refractivity contribution in [1.29, 1.82) is 0 Å². The summed E-state index contributed by atoms with van der Waals surface area (Å²) in [5.74, 6) is -1.05. The van der Waals surface area contributed by atoms with Crippen LogP contribution < -0.4 is 15.4 Å². The van der Waals surface area contributed by atoms with Gasteiger partial charge in [-0.15, -0.1) is 0 Å². The summed E-state index contributed by atoms with van der Waals surface area (Å²) in [7, 11) is 1.55. The van der Waals surface area contributed by atoms with E-state index in [1.807, 2.05) is 6.26 Å². The Labute approximate surface area is 179 Å². The van der Waals surface area contributed by atoms with E-state index >= 15 is 0 Å². The molecule has 1 atom stereocenters. The second-order valence-corrected chi connectivity index (χ2v) is 7.28. The molecular weight excluding hydrogens is 404 g/mol. The van der Waals surface area contributed by atoms with Gasteiger partial charge in [-0.1, -0.05) is 30.3 Å². The lowest BCUT2D eigenvalue weighted by Gasteiger charge is -2.16. The Bertz CT molecular complexity index is 898. The number of ether oxygens (including phenoxy) is 1. The van der Waals surface area contributed by atoms with Crippen LogP contribution in [0.2, 0.25) is 0 Å². The van der Waals surface area contributed by atoms with E-state index in [1.165, 1.54) is 17.8 Å². The fourth-order valence-electron chi connectivity index (χ4n) is 2.54. The summed E-state index contributed by atoms with van der Waals surface area (Å²) in [6.07, 6.45) is 3.61. The van der Waals surface area contributed by atoms with Gasteiger partial charge < -0.3 is 20.5 Å². The maximum atomic E-state index is 12.8. The molecule has 30 heavy (non-hydrogen) atoms. The minimum atomic E-state index is -1.13. The van der Waals surface area contributed by atoms with Crippen LogP contribution in [0.5, 0.6) is 5.75 Å². The van der Waals surface area contributed by atoms with Crippen molar-refractivity contribution in [2.24, 2.45) is 0 Å². The van der Waals surface area contributed by atoms with Crippen LogP contribution in [0.25, 0.3) is 6.08 Å². The van der Waals surface area contributed by atoms with E-state index in [0.29, 0.717) is 22.6 Å². The van der Waals surface area contributed by atoms with Crippen LogP contribution >= 0.6 is 11.8 Å². The summed E-state index contributed by atoms with van der Waals surface area (Å²) in [5.41, 5.74) is 0.970. The molecule has 0 bridgehead atoms. The summed E-state index contributed by atoms with van der Waals surface area (Å²) in [6, 6.07) is 14.3. The van der Waals surface area contributed by atoms with Crippen LogP contribution in [0.3, 0.4) is 0 Å². The molecule has 0 heterocycles. The van der Waals surface area contributed by atoms with E-state index in [-0.39, 0.29) is 12.1 Å². The summed E-state index contributed by atoms with van der Waals surface area (Å²) >= 11 is 1.49. The second-order valence-electron chi connectivity index (χ2n) is 6.30. The van der Waals surface area contributed by atoms with Crippen molar-refractivity contribution >= 4 is 35.6 Å². The van der Waals surface area contributed by atoms with Gasteiger partial charge in [0.15, 0.2) is 0 Å². The first-order valence-corrected chi connectivity index (χ1v) is 10.6. The molecular formula is C22H24N2O5S. The first-order valence-electron chi connectivity index (χ1n) is 9.19. The van der Waals surface area contributed by atoms with Crippen LogP contribution in [0.1, 0.15) is 22.3 Å². The predicted octanol–water partition coefficient (Wildman–Crippen LogP) is 2.79. The number of benzene rings is 2. The third kappa shape index (κ3) is 6.97. The summed E-state index contributed by atoms with van der Waals surface area (Å²) in [4.78, 5) is 36.9. The van der Waals surface area contributed by atoms with Crippen LogP contribution in [0.4, 0.5) is 0 Å². The molecule has 0 fully saturated rings. The fraction of sp³-hybridized carbons (Fsp3) is 0.227. The molecule has 3 N–H and O–H groups in total. The van der Waals surface area contributed by atoms with E-state index < -0.39 is 23.8 Å². The zero-order valence-corrected chi connectivity index (χ0v) is 17.6. The molecule has 2 aromatic carbocycles. The number of aliphatic carboxylic acids is 1. The van der Waals surface area contributed by atoms with Crippen molar-refractivity contribution in [3.63, 3.8) is 0 Å². The van der Waals surface area contributed by atoms with E-state index in [4.69, 9.17) is 4.74 Å². The van der Waals surface area contributed by atoms with Gasteiger partial charge in [0, 0.05) is 5.56 Å². The van der Waals surface area contributed by atoms with Crippen LogP contribution in [0.15, 0.2) is 60.3 Å². The second kappa shape index (κ2) is 11.7. The number of carboxylic acids is 1. The maximum absolute atomic E-state index is 12.8. The Morgan fingerprint density at radius 2 is 1.77 bits per heavy atom. The monoisotopic (exact) mass is 428 g/mol. The molecule has 0 aliphatic carbocycles. The Hall–Kier alpha value is -3.26. The largest absolute Gasteiger partial charge is 0.497 e. The smallest absolute Gasteiger partial charge is 0.326 e. The molecule has 8 heteroatoms. The third-order valence-corrected chi connectivity index (χ3v) is 4.81. The average molecular weight is 429 g/mol. The molecule has 0 aliphatic rings. The molecule has 2 amide bonds. The van der Waals surface area contributed by atoms with Crippen LogP contribution in [0, 0.1) is 0 Å². The van der Waals surface area contributed by atoms with Crippen molar-refractivity contribution < 1.29 is 24.2 Å². The Morgan fingerprint density at radius 1 is 1.10 bits per heavy atom. The van der Waals surface area contributed by atoms with Gasteiger partial charge in [-0.3, -0.25) is 9.59 Å².